The van der Waals surface area contributed by atoms with Gasteiger partial charge in [0.1, 0.15) is 0 Å². The first-order valence-electron chi connectivity index (χ1n) is 6.32. The van der Waals surface area contributed by atoms with E-state index in [1.165, 1.54) is 12.1 Å². The third-order valence-electron chi connectivity index (χ3n) is 3.08. The van der Waals surface area contributed by atoms with Crippen molar-refractivity contribution in [2.24, 2.45) is 0 Å². The number of anilines is 2. The average Bonchev–Trinajstić information content (AvgIpc) is 2.44. The van der Waals surface area contributed by atoms with Crippen LogP contribution in [0.5, 0.6) is 0 Å². The van der Waals surface area contributed by atoms with E-state index in [0.29, 0.717) is 0 Å². The van der Waals surface area contributed by atoms with E-state index in [1.807, 2.05) is 0 Å². The Balaban J connectivity index is 2.25. The molecule has 0 heterocycles. The second kappa shape index (κ2) is 6.01. The van der Waals surface area contributed by atoms with E-state index in [4.69, 9.17) is 21.7 Å². The van der Waals surface area contributed by atoms with Gasteiger partial charge in [-0.15, -0.1) is 0 Å². The Labute approximate surface area is 126 Å². The zero-order valence-electron chi connectivity index (χ0n) is 11.5. The minimum atomic E-state index is -1.08. The summed E-state index contributed by atoms with van der Waals surface area (Å²) in [4.78, 5) is 21.8. The summed E-state index contributed by atoms with van der Waals surface area (Å²) in [5.41, 5.74) is 13.2. The van der Waals surface area contributed by atoms with Crippen LogP contribution in [0.25, 0.3) is 12.2 Å². The molecule has 6 nitrogen and oxygen atoms in total. The van der Waals surface area contributed by atoms with E-state index in [-0.39, 0.29) is 22.5 Å². The summed E-state index contributed by atoms with van der Waals surface area (Å²) in [5, 5.41) is 17.8. The molecular weight excluding hydrogens is 284 g/mol. The number of benzene rings is 2. The molecule has 112 valence electrons. The van der Waals surface area contributed by atoms with Crippen molar-refractivity contribution < 1.29 is 19.8 Å². The molecule has 0 unspecified atom stereocenters. The highest BCUT2D eigenvalue weighted by atomic mass is 16.4. The molecule has 0 atom stereocenters. The molecule has 2 aromatic rings. The van der Waals surface area contributed by atoms with Crippen LogP contribution in [-0.2, 0) is 0 Å². The summed E-state index contributed by atoms with van der Waals surface area (Å²) in [6.45, 7) is 0. The molecule has 0 radical (unpaired) electrons. The maximum atomic E-state index is 10.9. The number of carbonyl (C=O) groups is 2. The predicted octanol–water partition coefficient (Wildman–Crippen LogP) is 2.42. The third-order valence-corrected chi connectivity index (χ3v) is 3.08. The van der Waals surface area contributed by atoms with Gasteiger partial charge in [0.25, 0.3) is 0 Å². The van der Waals surface area contributed by atoms with Gasteiger partial charge in [0.2, 0.25) is 0 Å². The second-order valence-electron chi connectivity index (χ2n) is 4.64. The zero-order chi connectivity index (χ0) is 16.3. The van der Waals surface area contributed by atoms with E-state index < -0.39 is 11.9 Å². The van der Waals surface area contributed by atoms with Gasteiger partial charge in [-0.05, 0) is 35.4 Å². The highest BCUT2D eigenvalue weighted by Crippen LogP contribution is 2.19. The first-order valence-corrected chi connectivity index (χ1v) is 6.32. The highest BCUT2D eigenvalue weighted by molar-refractivity contribution is 5.95. The molecule has 6 heteroatoms. The van der Waals surface area contributed by atoms with Crippen LogP contribution >= 0.6 is 0 Å². The van der Waals surface area contributed by atoms with E-state index in [1.54, 1.807) is 36.4 Å². The topological polar surface area (TPSA) is 127 Å². The zero-order valence-corrected chi connectivity index (χ0v) is 11.5. The molecule has 0 fully saturated rings. The quantitative estimate of drug-likeness (QED) is 0.507. The summed E-state index contributed by atoms with van der Waals surface area (Å²) in [5.74, 6) is -2.16. The summed E-state index contributed by atoms with van der Waals surface area (Å²) in [7, 11) is 0. The van der Waals surface area contributed by atoms with Crippen molar-refractivity contribution in [3.8, 4) is 0 Å². The van der Waals surface area contributed by atoms with Crippen molar-refractivity contribution in [2.75, 3.05) is 11.5 Å². The van der Waals surface area contributed by atoms with E-state index in [2.05, 4.69) is 0 Å². The Hall–Kier alpha value is -3.28. The molecule has 0 aliphatic heterocycles. The maximum Gasteiger partial charge on any atom is 0.337 e. The minimum absolute atomic E-state index is 0.0483. The Morgan fingerprint density at radius 3 is 1.41 bits per heavy atom. The lowest BCUT2D eigenvalue weighted by Gasteiger charge is -2.03. The van der Waals surface area contributed by atoms with Crippen molar-refractivity contribution in [3.05, 3.63) is 58.7 Å². The average molecular weight is 298 g/mol. The predicted molar refractivity (Wildman–Crippen MR) is 84.6 cm³/mol. The summed E-state index contributed by atoms with van der Waals surface area (Å²) in [6.07, 6.45) is 3.47. The molecule has 6 N–H and O–H groups in total. The Bertz CT molecular complexity index is 716. The number of rotatable bonds is 4. The van der Waals surface area contributed by atoms with Gasteiger partial charge in [-0.25, -0.2) is 9.59 Å². The summed E-state index contributed by atoms with van der Waals surface area (Å²) >= 11 is 0. The van der Waals surface area contributed by atoms with E-state index >= 15 is 0 Å². The van der Waals surface area contributed by atoms with Gasteiger partial charge in [-0.2, -0.15) is 0 Å². The SMILES string of the molecule is Nc1cc(C=Cc2ccc(C(=O)O)c(N)c2)ccc1C(=O)O. The maximum absolute atomic E-state index is 10.9. The minimum Gasteiger partial charge on any atom is -0.478 e. The van der Waals surface area contributed by atoms with Gasteiger partial charge in [-0.1, -0.05) is 24.3 Å². The largest absolute Gasteiger partial charge is 0.478 e. The number of nitrogen functional groups attached to an aromatic ring is 2. The van der Waals surface area contributed by atoms with Crippen LogP contribution in [0.1, 0.15) is 31.8 Å². The fourth-order valence-electron chi connectivity index (χ4n) is 1.95. The van der Waals surface area contributed by atoms with Gasteiger partial charge in [0.05, 0.1) is 11.1 Å². The van der Waals surface area contributed by atoms with Gasteiger partial charge in [-0.3, -0.25) is 0 Å². The monoisotopic (exact) mass is 298 g/mol. The number of carboxylic acid groups (broad SMARTS) is 2. The summed E-state index contributed by atoms with van der Waals surface area (Å²) in [6, 6.07) is 9.22. The molecule has 2 aromatic carbocycles. The van der Waals surface area contributed by atoms with Crippen molar-refractivity contribution in [3.63, 3.8) is 0 Å². The molecule has 0 aliphatic rings. The van der Waals surface area contributed by atoms with Gasteiger partial charge >= 0.3 is 11.9 Å². The Morgan fingerprint density at radius 1 is 0.773 bits per heavy atom. The van der Waals surface area contributed by atoms with Crippen LogP contribution in [0.3, 0.4) is 0 Å². The van der Waals surface area contributed by atoms with Crippen molar-refractivity contribution in [2.45, 2.75) is 0 Å². The van der Waals surface area contributed by atoms with Gasteiger partial charge in [0.15, 0.2) is 0 Å². The first-order chi connectivity index (χ1) is 10.4. The molecule has 2 rings (SSSR count). The number of aromatic carboxylic acids is 2. The number of hydrogen-bond donors (Lipinski definition) is 4. The van der Waals surface area contributed by atoms with Gasteiger partial charge in [0, 0.05) is 11.4 Å². The van der Waals surface area contributed by atoms with E-state index in [0.717, 1.165) is 11.1 Å². The van der Waals surface area contributed by atoms with Crippen LogP contribution < -0.4 is 11.5 Å². The van der Waals surface area contributed by atoms with Crippen molar-refractivity contribution >= 4 is 35.5 Å². The molecule has 0 amide bonds. The molecule has 0 aromatic heterocycles. The normalized spacial score (nSPS) is 10.7. The van der Waals surface area contributed by atoms with Crippen molar-refractivity contribution in [1.29, 1.82) is 0 Å². The second-order valence-corrected chi connectivity index (χ2v) is 4.64. The molecule has 0 bridgehead atoms. The number of hydrogen-bond acceptors (Lipinski definition) is 4. The fraction of sp³-hybridized carbons (Fsp3) is 0. The van der Waals surface area contributed by atoms with Crippen LogP contribution in [0.2, 0.25) is 0 Å². The molecular formula is C16H14N2O4. The van der Waals surface area contributed by atoms with Crippen LogP contribution in [-0.4, -0.2) is 22.2 Å². The first kappa shape index (κ1) is 15.1. The molecule has 0 saturated carbocycles. The number of carboxylic acids is 2. The van der Waals surface area contributed by atoms with Gasteiger partial charge < -0.3 is 21.7 Å². The third kappa shape index (κ3) is 3.24. The fourth-order valence-corrected chi connectivity index (χ4v) is 1.95. The lowest BCUT2D eigenvalue weighted by Crippen LogP contribution is -2.02. The lowest BCUT2D eigenvalue weighted by atomic mass is 10.1. The standard InChI is InChI=1S/C16H14N2O4/c17-13-7-9(3-5-11(13)15(19)20)1-2-10-4-6-12(16(21)22)14(18)8-10/h1-8H,17-18H2,(H,19,20)(H,21,22). The molecule has 0 spiro atoms. The molecule has 0 aliphatic carbocycles. The van der Waals surface area contributed by atoms with E-state index in [9.17, 15) is 9.59 Å². The van der Waals surface area contributed by atoms with Crippen LogP contribution in [0, 0.1) is 0 Å². The highest BCUT2D eigenvalue weighted by Gasteiger charge is 2.08. The lowest BCUT2D eigenvalue weighted by molar-refractivity contribution is 0.0687. The number of nitrogens with two attached hydrogens (primary N) is 2. The van der Waals surface area contributed by atoms with Crippen molar-refractivity contribution in [1.82, 2.24) is 0 Å². The Kier molecular flexibility index (Phi) is 4.13. The van der Waals surface area contributed by atoms with Crippen LogP contribution in [0.15, 0.2) is 36.4 Å². The Morgan fingerprint density at radius 2 is 1.14 bits per heavy atom. The molecule has 22 heavy (non-hydrogen) atoms. The summed E-state index contributed by atoms with van der Waals surface area (Å²) < 4.78 is 0. The van der Waals surface area contributed by atoms with Crippen LogP contribution in [0.4, 0.5) is 11.4 Å². The smallest absolute Gasteiger partial charge is 0.337 e. The molecule has 0 saturated heterocycles.